The molecule has 1 amide bonds. The first-order chi connectivity index (χ1) is 10.8. The molecule has 0 aliphatic carbocycles. The largest absolute Gasteiger partial charge is 0.497 e. The maximum absolute atomic E-state index is 12.5. The molecule has 0 atom stereocenters. The van der Waals surface area contributed by atoms with E-state index in [4.69, 9.17) is 9.47 Å². The Morgan fingerprint density at radius 3 is 2.43 bits per heavy atom. The molecule has 0 unspecified atom stereocenters. The smallest absolute Gasteiger partial charge is 0.276 e. The number of aryl methyl sites for hydroxylation is 2. The van der Waals surface area contributed by atoms with Crippen molar-refractivity contribution in [1.82, 2.24) is 9.71 Å². The third-order valence-electron chi connectivity index (χ3n) is 3.00. The average Bonchev–Trinajstić information content (AvgIpc) is 2.85. The second-order valence-corrected chi connectivity index (χ2v) is 7.45. The van der Waals surface area contributed by atoms with Crippen LogP contribution in [0, 0.1) is 13.8 Å². The van der Waals surface area contributed by atoms with Gasteiger partial charge in [-0.2, -0.15) is 0 Å². The average molecular weight is 356 g/mol. The second-order valence-electron chi connectivity index (χ2n) is 4.60. The minimum Gasteiger partial charge on any atom is -0.497 e. The number of sulfonamides is 1. The van der Waals surface area contributed by atoms with E-state index in [-0.39, 0.29) is 15.5 Å². The number of benzene rings is 1. The maximum atomic E-state index is 12.5. The van der Waals surface area contributed by atoms with Crippen LogP contribution in [0.3, 0.4) is 0 Å². The van der Waals surface area contributed by atoms with Crippen molar-refractivity contribution in [2.45, 2.75) is 18.7 Å². The number of thiazole rings is 1. The fourth-order valence-electron chi connectivity index (χ4n) is 1.96. The predicted molar refractivity (Wildman–Crippen MR) is 85.8 cm³/mol. The topological polar surface area (TPSA) is 94.6 Å². The van der Waals surface area contributed by atoms with Crippen molar-refractivity contribution in [3.63, 3.8) is 0 Å². The summed E-state index contributed by atoms with van der Waals surface area (Å²) in [7, 11) is -1.35. The number of aromatic nitrogens is 1. The molecule has 9 heteroatoms. The molecular weight excluding hydrogens is 340 g/mol. The lowest BCUT2D eigenvalue weighted by Gasteiger charge is -2.11. The van der Waals surface area contributed by atoms with Gasteiger partial charge in [0.05, 0.1) is 24.9 Å². The van der Waals surface area contributed by atoms with Gasteiger partial charge in [-0.05, 0) is 26.0 Å². The fourth-order valence-corrected chi connectivity index (χ4v) is 3.98. The van der Waals surface area contributed by atoms with Crippen molar-refractivity contribution < 1.29 is 22.7 Å². The molecule has 1 aromatic heterocycles. The molecule has 2 rings (SSSR count). The Morgan fingerprint density at radius 2 is 1.91 bits per heavy atom. The van der Waals surface area contributed by atoms with E-state index < -0.39 is 15.9 Å². The van der Waals surface area contributed by atoms with Gasteiger partial charge in [0, 0.05) is 6.07 Å². The van der Waals surface area contributed by atoms with Crippen molar-refractivity contribution in [3.8, 4) is 11.5 Å². The molecule has 0 saturated carbocycles. The van der Waals surface area contributed by atoms with Crippen molar-refractivity contribution in [1.29, 1.82) is 0 Å². The number of methoxy groups -OCH3 is 2. The van der Waals surface area contributed by atoms with Crippen molar-refractivity contribution >= 4 is 27.3 Å². The Kier molecular flexibility index (Phi) is 4.90. The Morgan fingerprint density at radius 1 is 1.22 bits per heavy atom. The van der Waals surface area contributed by atoms with Gasteiger partial charge >= 0.3 is 0 Å². The van der Waals surface area contributed by atoms with Gasteiger partial charge in [0.1, 0.15) is 21.3 Å². The van der Waals surface area contributed by atoms with Crippen LogP contribution in [0.1, 0.15) is 20.4 Å². The van der Waals surface area contributed by atoms with Gasteiger partial charge in [-0.3, -0.25) is 4.79 Å². The summed E-state index contributed by atoms with van der Waals surface area (Å²) in [5.74, 6) is -0.273. The van der Waals surface area contributed by atoms with Crippen LogP contribution in [-0.4, -0.2) is 33.5 Å². The van der Waals surface area contributed by atoms with Crippen LogP contribution in [0.4, 0.5) is 0 Å². The van der Waals surface area contributed by atoms with Gasteiger partial charge in [-0.1, -0.05) is 0 Å². The molecule has 1 heterocycles. The van der Waals surface area contributed by atoms with Crippen LogP contribution in [-0.2, 0) is 10.0 Å². The summed E-state index contributed by atoms with van der Waals surface area (Å²) in [5, 5.41) is 0.684. The number of amides is 1. The van der Waals surface area contributed by atoms with Crippen LogP contribution >= 0.6 is 11.3 Å². The summed E-state index contributed by atoms with van der Waals surface area (Å²) < 4.78 is 37.1. The highest BCUT2D eigenvalue weighted by molar-refractivity contribution is 7.90. The number of rotatable bonds is 5. The minimum atomic E-state index is -4.12. The number of ether oxygens (including phenoxy) is 2. The number of carbonyl (C=O) groups is 1. The first-order valence-corrected chi connectivity index (χ1v) is 8.81. The summed E-state index contributed by atoms with van der Waals surface area (Å²) in [4.78, 5) is 16.4. The lowest BCUT2D eigenvalue weighted by atomic mass is 10.3. The van der Waals surface area contributed by atoms with Crippen molar-refractivity contribution in [2.24, 2.45) is 0 Å². The van der Waals surface area contributed by atoms with E-state index >= 15 is 0 Å². The van der Waals surface area contributed by atoms with Gasteiger partial charge in [-0.15, -0.1) is 11.3 Å². The summed E-state index contributed by atoms with van der Waals surface area (Å²) in [5.41, 5.74) is 0.484. The maximum Gasteiger partial charge on any atom is 0.276 e. The monoisotopic (exact) mass is 356 g/mol. The molecule has 0 aliphatic rings. The van der Waals surface area contributed by atoms with Gasteiger partial charge < -0.3 is 9.47 Å². The van der Waals surface area contributed by atoms with E-state index in [2.05, 4.69) is 4.98 Å². The molecule has 0 bridgehead atoms. The van der Waals surface area contributed by atoms with Crippen molar-refractivity contribution in [2.75, 3.05) is 14.2 Å². The van der Waals surface area contributed by atoms with Crippen LogP contribution in [0.25, 0.3) is 0 Å². The first-order valence-electron chi connectivity index (χ1n) is 6.51. The summed E-state index contributed by atoms with van der Waals surface area (Å²) >= 11 is 1.13. The molecule has 124 valence electrons. The predicted octanol–water partition coefficient (Wildman–Crippen LogP) is 1.90. The Hall–Kier alpha value is -2.13. The zero-order valence-corrected chi connectivity index (χ0v) is 14.7. The van der Waals surface area contributed by atoms with E-state index in [1.54, 1.807) is 19.9 Å². The fraction of sp³-hybridized carbons (Fsp3) is 0.286. The van der Waals surface area contributed by atoms with E-state index in [9.17, 15) is 13.2 Å². The minimum absolute atomic E-state index is 0.114. The van der Waals surface area contributed by atoms with Gasteiger partial charge in [0.15, 0.2) is 0 Å². The van der Waals surface area contributed by atoms with E-state index in [1.165, 1.54) is 26.4 Å². The molecule has 1 aromatic carbocycles. The zero-order chi connectivity index (χ0) is 17.2. The zero-order valence-electron chi connectivity index (χ0n) is 13.0. The Labute approximate surface area is 138 Å². The number of hydrogen-bond acceptors (Lipinski definition) is 7. The van der Waals surface area contributed by atoms with E-state index in [0.29, 0.717) is 16.5 Å². The standard InChI is InChI=1S/C14H16N2O5S2/c1-8-13(22-9(2)15-8)14(17)16-23(18,19)12-7-10(20-3)5-6-11(12)21-4/h5-7H,1-4H3,(H,16,17). The SMILES string of the molecule is COc1ccc(OC)c(S(=O)(=O)NC(=O)c2sc(C)nc2C)c1. The summed E-state index contributed by atoms with van der Waals surface area (Å²) in [6.45, 7) is 3.39. The Bertz CT molecular complexity index is 843. The molecule has 0 fully saturated rings. The molecule has 1 N–H and O–H groups in total. The highest BCUT2D eigenvalue weighted by Crippen LogP contribution is 2.28. The lowest BCUT2D eigenvalue weighted by molar-refractivity contribution is 0.0984. The molecule has 0 radical (unpaired) electrons. The molecule has 2 aromatic rings. The first kappa shape index (κ1) is 17.2. The molecule has 23 heavy (non-hydrogen) atoms. The van der Waals surface area contributed by atoms with Crippen LogP contribution in [0.2, 0.25) is 0 Å². The molecule has 7 nitrogen and oxygen atoms in total. The van der Waals surface area contributed by atoms with Crippen molar-refractivity contribution in [3.05, 3.63) is 33.8 Å². The van der Waals surface area contributed by atoms with Crippen LogP contribution < -0.4 is 14.2 Å². The normalized spacial score (nSPS) is 11.1. The third kappa shape index (κ3) is 3.62. The number of nitrogens with one attached hydrogen (secondary N) is 1. The molecule has 0 aliphatic heterocycles. The van der Waals surface area contributed by atoms with E-state index in [1.807, 2.05) is 4.72 Å². The number of hydrogen-bond donors (Lipinski definition) is 1. The molecule has 0 saturated heterocycles. The quantitative estimate of drug-likeness (QED) is 0.879. The second kappa shape index (κ2) is 6.55. The highest BCUT2D eigenvalue weighted by Gasteiger charge is 2.25. The summed E-state index contributed by atoms with van der Waals surface area (Å²) in [6, 6.07) is 4.32. The third-order valence-corrected chi connectivity index (χ3v) is 5.42. The summed E-state index contributed by atoms with van der Waals surface area (Å²) in [6.07, 6.45) is 0. The molecular formula is C14H16N2O5S2. The van der Waals surface area contributed by atoms with Gasteiger partial charge in [0.25, 0.3) is 15.9 Å². The van der Waals surface area contributed by atoms with Gasteiger partial charge in [-0.25, -0.2) is 18.1 Å². The van der Waals surface area contributed by atoms with Crippen LogP contribution in [0.5, 0.6) is 11.5 Å². The molecule has 0 spiro atoms. The number of carbonyl (C=O) groups excluding carboxylic acids is 1. The van der Waals surface area contributed by atoms with Crippen LogP contribution in [0.15, 0.2) is 23.1 Å². The lowest BCUT2D eigenvalue weighted by Crippen LogP contribution is -2.30. The van der Waals surface area contributed by atoms with E-state index in [0.717, 1.165) is 11.3 Å². The Balaban J connectivity index is 2.39. The van der Waals surface area contributed by atoms with Gasteiger partial charge in [0.2, 0.25) is 0 Å². The number of nitrogens with zero attached hydrogens (tertiary/aromatic N) is 1. The highest BCUT2D eigenvalue weighted by atomic mass is 32.2.